The average molecular weight is 322 g/mol. The molecule has 2 N–H and O–H groups in total. The Labute approximate surface area is 131 Å². The summed E-state index contributed by atoms with van der Waals surface area (Å²) in [5.41, 5.74) is 0.446. The van der Waals surface area contributed by atoms with Crippen LogP contribution < -0.4 is 15.4 Å². The Morgan fingerprint density at radius 2 is 1.86 bits per heavy atom. The molecule has 0 spiro atoms. The number of anilines is 2. The molecule has 0 radical (unpaired) electrons. The molecule has 114 valence electrons. The van der Waals surface area contributed by atoms with E-state index in [0.717, 1.165) is 0 Å². The van der Waals surface area contributed by atoms with E-state index >= 15 is 0 Å². The smallest absolute Gasteiger partial charge is 0.323 e. The minimum atomic E-state index is -0.591. The predicted octanol–water partition coefficient (Wildman–Crippen LogP) is 3.90. The van der Waals surface area contributed by atoms with Gasteiger partial charge in [-0.2, -0.15) is 0 Å². The van der Waals surface area contributed by atoms with Crippen LogP contribution in [-0.2, 0) is 0 Å². The summed E-state index contributed by atoms with van der Waals surface area (Å²) in [5, 5.41) is 16.2. The maximum atomic E-state index is 12.0. The summed E-state index contributed by atoms with van der Waals surface area (Å²) in [4.78, 5) is 22.2. The van der Waals surface area contributed by atoms with Crippen LogP contribution >= 0.6 is 11.6 Å². The number of nitro groups is 1. The van der Waals surface area contributed by atoms with Crippen molar-refractivity contribution in [1.82, 2.24) is 0 Å². The Hall–Kier alpha value is -2.80. The van der Waals surface area contributed by atoms with Gasteiger partial charge < -0.3 is 15.4 Å². The van der Waals surface area contributed by atoms with E-state index < -0.39 is 11.0 Å². The summed E-state index contributed by atoms with van der Waals surface area (Å²) in [6.45, 7) is 0. The summed E-state index contributed by atoms with van der Waals surface area (Å²) in [6, 6.07) is 10.0. The van der Waals surface area contributed by atoms with Crippen molar-refractivity contribution in [2.75, 3.05) is 17.7 Å². The van der Waals surface area contributed by atoms with Crippen LogP contribution in [0.1, 0.15) is 0 Å². The molecule has 0 saturated carbocycles. The van der Waals surface area contributed by atoms with Crippen LogP contribution in [-0.4, -0.2) is 18.1 Å². The molecule has 2 aromatic carbocycles. The highest BCUT2D eigenvalue weighted by Gasteiger charge is 2.14. The molecule has 2 aromatic rings. The predicted molar refractivity (Wildman–Crippen MR) is 83.7 cm³/mol. The van der Waals surface area contributed by atoms with Gasteiger partial charge in [0.15, 0.2) is 0 Å². The number of nitrogens with zero attached hydrogens (tertiary/aromatic N) is 1. The fourth-order valence-electron chi connectivity index (χ4n) is 1.75. The van der Waals surface area contributed by atoms with Gasteiger partial charge in [0.2, 0.25) is 0 Å². The number of hydrogen-bond donors (Lipinski definition) is 2. The molecular weight excluding hydrogens is 310 g/mol. The number of methoxy groups -OCH3 is 1. The Morgan fingerprint density at radius 1 is 1.18 bits per heavy atom. The molecule has 2 amide bonds. The number of para-hydroxylation sites is 1. The van der Waals surface area contributed by atoms with Gasteiger partial charge in [-0.25, -0.2) is 4.79 Å². The van der Waals surface area contributed by atoms with Crippen molar-refractivity contribution in [3.8, 4) is 5.75 Å². The van der Waals surface area contributed by atoms with Gasteiger partial charge in [0, 0.05) is 12.1 Å². The topological polar surface area (TPSA) is 93.5 Å². The molecular formula is C14H12ClN3O4. The lowest BCUT2D eigenvalue weighted by Crippen LogP contribution is -2.20. The summed E-state index contributed by atoms with van der Waals surface area (Å²) in [5.74, 6) is 0.305. The first kappa shape index (κ1) is 15.6. The second kappa shape index (κ2) is 6.77. The van der Waals surface area contributed by atoms with Crippen LogP contribution in [0.5, 0.6) is 5.75 Å². The number of halogens is 1. The second-order valence-corrected chi connectivity index (χ2v) is 4.61. The number of rotatable bonds is 4. The van der Waals surface area contributed by atoms with Crippen molar-refractivity contribution in [3.63, 3.8) is 0 Å². The number of carbonyl (C=O) groups excluding carboxylic acids is 1. The van der Waals surface area contributed by atoms with Gasteiger partial charge in [0.1, 0.15) is 5.75 Å². The monoisotopic (exact) mass is 321 g/mol. The van der Waals surface area contributed by atoms with E-state index in [9.17, 15) is 14.9 Å². The highest BCUT2D eigenvalue weighted by molar-refractivity contribution is 6.33. The first-order chi connectivity index (χ1) is 10.5. The number of non-ortho nitro benzene ring substituents is 1. The van der Waals surface area contributed by atoms with E-state index in [1.807, 2.05) is 0 Å². The number of carbonyl (C=O) groups is 1. The Kier molecular flexibility index (Phi) is 4.80. The van der Waals surface area contributed by atoms with Crippen molar-refractivity contribution in [2.24, 2.45) is 0 Å². The van der Waals surface area contributed by atoms with Crippen LogP contribution in [0.15, 0.2) is 42.5 Å². The van der Waals surface area contributed by atoms with Gasteiger partial charge in [-0.05, 0) is 18.2 Å². The molecule has 0 heterocycles. The third kappa shape index (κ3) is 3.64. The highest BCUT2D eigenvalue weighted by Crippen LogP contribution is 2.29. The van der Waals surface area contributed by atoms with Crippen LogP contribution in [0.25, 0.3) is 0 Å². The van der Waals surface area contributed by atoms with E-state index in [4.69, 9.17) is 16.3 Å². The largest absolute Gasteiger partial charge is 0.495 e. The van der Waals surface area contributed by atoms with Crippen molar-refractivity contribution >= 4 is 34.7 Å². The minimum Gasteiger partial charge on any atom is -0.495 e. The Bertz CT molecular complexity index is 721. The normalized spacial score (nSPS) is 9.91. The molecule has 0 bridgehead atoms. The molecule has 2 rings (SSSR count). The highest BCUT2D eigenvalue weighted by atomic mass is 35.5. The standard InChI is InChI=1S/C14H12ClN3O4/c1-22-13-7-6-9(18(20)21)8-12(13)17-14(19)16-11-5-3-2-4-10(11)15/h2-8H,1H3,(H2,16,17,19). The Balaban J connectivity index is 2.19. The molecule has 0 atom stereocenters. The first-order valence-corrected chi connectivity index (χ1v) is 6.54. The number of hydrogen-bond acceptors (Lipinski definition) is 4. The fraction of sp³-hybridized carbons (Fsp3) is 0.0714. The minimum absolute atomic E-state index is 0.158. The van der Waals surface area contributed by atoms with E-state index in [1.54, 1.807) is 24.3 Å². The number of benzene rings is 2. The molecule has 0 fully saturated rings. The summed E-state index contributed by atoms with van der Waals surface area (Å²) in [6.07, 6.45) is 0. The second-order valence-electron chi connectivity index (χ2n) is 4.20. The molecule has 0 saturated heterocycles. The van der Waals surface area contributed by atoms with E-state index in [0.29, 0.717) is 16.5 Å². The maximum absolute atomic E-state index is 12.0. The van der Waals surface area contributed by atoms with Gasteiger partial charge in [0.25, 0.3) is 5.69 Å². The molecule has 0 unspecified atom stereocenters. The summed E-state index contributed by atoms with van der Waals surface area (Å²) in [7, 11) is 1.40. The van der Waals surface area contributed by atoms with Crippen molar-refractivity contribution in [1.29, 1.82) is 0 Å². The zero-order valence-corrected chi connectivity index (χ0v) is 12.3. The number of nitro benzene ring substituents is 1. The van der Waals surface area contributed by atoms with Crippen molar-refractivity contribution in [3.05, 3.63) is 57.6 Å². The summed E-state index contributed by atoms with van der Waals surface area (Å²) >= 11 is 5.94. The fourth-order valence-corrected chi connectivity index (χ4v) is 1.93. The quantitative estimate of drug-likeness (QED) is 0.659. The molecule has 0 aliphatic carbocycles. The van der Waals surface area contributed by atoms with Gasteiger partial charge in [-0.1, -0.05) is 23.7 Å². The van der Waals surface area contributed by atoms with Gasteiger partial charge in [-0.3, -0.25) is 10.1 Å². The van der Waals surface area contributed by atoms with Crippen molar-refractivity contribution < 1.29 is 14.5 Å². The third-order valence-corrected chi connectivity index (χ3v) is 3.09. The molecule has 0 aliphatic rings. The third-order valence-electron chi connectivity index (χ3n) is 2.76. The SMILES string of the molecule is COc1ccc([N+](=O)[O-])cc1NC(=O)Nc1ccccc1Cl. The van der Waals surface area contributed by atoms with E-state index in [-0.39, 0.29) is 11.4 Å². The molecule has 7 nitrogen and oxygen atoms in total. The van der Waals surface area contributed by atoms with E-state index in [1.165, 1.54) is 25.3 Å². The molecule has 0 aliphatic heterocycles. The zero-order valence-electron chi connectivity index (χ0n) is 11.5. The zero-order chi connectivity index (χ0) is 16.1. The summed E-state index contributed by atoms with van der Waals surface area (Å²) < 4.78 is 5.06. The van der Waals surface area contributed by atoms with Crippen LogP contribution in [0.4, 0.5) is 21.9 Å². The van der Waals surface area contributed by atoms with Gasteiger partial charge in [-0.15, -0.1) is 0 Å². The van der Waals surface area contributed by atoms with Crippen LogP contribution in [0.3, 0.4) is 0 Å². The van der Waals surface area contributed by atoms with E-state index in [2.05, 4.69) is 10.6 Å². The Morgan fingerprint density at radius 3 is 2.50 bits per heavy atom. The lowest BCUT2D eigenvalue weighted by atomic mass is 10.2. The van der Waals surface area contributed by atoms with Crippen LogP contribution in [0.2, 0.25) is 5.02 Å². The first-order valence-electron chi connectivity index (χ1n) is 6.16. The van der Waals surface area contributed by atoms with Crippen LogP contribution in [0, 0.1) is 10.1 Å². The molecule has 0 aromatic heterocycles. The number of ether oxygens (including phenoxy) is 1. The molecule has 22 heavy (non-hydrogen) atoms. The maximum Gasteiger partial charge on any atom is 0.323 e. The molecule has 8 heteroatoms. The lowest BCUT2D eigenvalue weighted by molar-refractivity contribution is -0.384. The lowest BCUT2D eigenvalue weighted by Gasteiger charge is -2.11. The van der Waals surface area contributed by atoms with Gasteiger partial charge >= 0.3 is 6.03 Å². The average Bonchev–Trinajstić information content (AvgIpc) is 2.49. The number of amides is 2. The van der Waals surface area contributed by atoms with Gasteiger partial charge in [0.05, 0.1) is 28.4 Å². The number of urea groups is 1. The van der Waals surface area contributed by atoms with Crippen molar-refractivity contribution in [2.45, 2.75) is 0 Å². The number of nitrogens with one attached hydrogen (secondary N) is 2.